The number of carboxylic acid groups (broad SMARTS) is 1. The average molecular weight is 679 g/mol. The third kappa shape index (κ3) is 9.55. The summed E-state index contributed by atoms with van der Waals surface area (Å²) in [6.07, 6.45) is -17.6. The number of hydrogen-bond acceptors (Lipinski definition) is 6. The molecule has 3 saturated heterocycles. The number of amides is 1. The lowest BCUT2D eigenvalue weighted by Gasteiger charge is -2.45. The summed E-state index contributed by atoms with van der Waals surface area (Å²) in [4.78, 5) is 27.7. The number of nitrogens with zero attached hydrogens (tertiary/aromatic N) is 4. The highest BCUT2D eigenvalue weighted by Crippen LogP contribution is 2.39. The van der Waals surface area contributed by atoms with Crippen molar-refractivity contribution in [2.24, 2.45) is 0 Å². The summed E-state index contributed by atoms with van der Waals surface area (Å²) < 4.78 is 122. The van der Waals surface area contributed by atoms with Crippen LogP contribution in [0.15, 0.2) is 18.2 Å². The molecule has 0 saturated carbocycles. The fourth-order valence-electron chi connectivity index (χ4n) is 6.24. The maximum absolute atomic E-state index is 13.7. The number of anilines is 1. The zero-order valence-electron chi connectivity index (χ0n) is 25.5. The minimum absolute atomic E-state index is 0.147. The van der Waals surface area contributed by atoms with Crippen molar-refractivity contribution in [2.75, 3.05) is 51.2 Å². The molecule has 46 heavy (non-hydrogen) atoms. The largest absolute Gasteiger partial charge is 0.483 e. The van der Waals surface area contributed by atoms with Crippen molar-refractivity contribution in [2.45, 2.75) is 88.2 Å². The quantitative estimate of drug-likeness (QED) is 0.276. The number of hydrogen-bond donors (Lipinski definition) is 1. The van der Waals surface area contributed by atoms with E-state index in [1.807, 2.05) is 16.7 Å². The zero-order chi connectivity index (χ0) is 34.5. The van der Waals surface area contributed by atoms with E-state index >= 15 is 0 Å². The summed E-state index contributed by atoms with van der Waals surface area (Å²) in [7, 11) is 1.76. The number of ether oxygens (including phenoxy) is 1. The number of piperidine rings is 2. The highest BCUT2D eigenvalue weighted by Gasteiger charge is 2.60. The summed E-state index contributed by atoms with van der Waals surface area (Å²) in [5.74, 6) is 0. The van der Waals surface area contributed by atoms with E-state index in [4.69, 9.17) is 9.90 Å². The van der Waals surface area contributed by atoms with Gasteiger partial charge in [-0.2, -0.15) is 39.5 Å². The molecule has 8 nitrogen and oxygen atoms in total. The van der Waals surface area contributed by atoms with E-state index in [1.54, 1.807) is 7.05 Å². The Kier molecular flexibility index (Phi) is 12.1. The number of rotatable bonds is 6. The van der Waals surface area contributed by atoms with Crippen molar-refractivity contribution in [3.8, 4) is 0 Å². The molecule has 4 rings (SSSR count). The molecule has 0 spiro atoms. The van der Waals surface area contributed by atoms with Gasteiger partial charge in [0.15, 0.2) is 0 Å². The van der Waals surface area contributed by atoms with Crippen LogP contribution in [0.3, 0.4) is 0 Å². The van der Waals surface area contributed by atoms with Crippen molar-refractivity contribution in [3.63, 3.8) is 0 Å². The second kappa shape index (κ2) is 14.9. The van der Waals surface area contributed by atoms with Gasteiger partial charge in [-0.25, -0.2) is 4.79 Å². The monoisotopic (exact) mass is 678 g/mol. The Morgan fingerprint density at radius 1 is 0.978 bits per heavy atom. The van der Waals surface area contributed by atoms with Crippen LogP contribution < -0.4 is 4.90 Å². The van der Waals surface area contributed by atoms with Gasteiger partial charge in [0.1, 0.15) is 0 Å². The van der Waals surface area contributed by atoms with Crippen LogP contribution in [0.25, 0.3) is 0 Å². The maximum Gasteiger partial charge on any atom is 0.434 e. The van der Waals surface area contributed by atoms with E-state index in [1.165, 1.54) is 12.1 Å². The van der Waals surface area contributed by atoms with Crippen LogP contribution in [-0.4, -0.2) is 109 Å². The Morgan fingerprint density at radius 3 is 1.98 bits per heavy atom. The molecule has 0 aliphatic carbocycles. The number of benzene rings is 1. The topological polar surface area (TPSA) is 76.6 Å². The van der Waals surface area contributed by atoms with Gasteiger partial charge in [0, 0.05) is 50.0 Å². The summed E-state index contributed by atoms with van der Waals surface area (Å²) in [5.41, 5.74) is -0.204. The van der Waals surface area contributed by atoms with Gasteiger partial charge in [-0.3, -0.25) is 9.69 Å². The second-order valence-corrected chi connectivity index (χ2v) is 12.1. The first-order valence-corrected chi connectivity index (χ1v) is 14.9. The fraction of sp³-hybridized carbons (Fsp3) is 0.724. The van der Waals surface area contributed by atoms with Crippen molar-refractivity contribution >= 4 is 18.3 Å². The third-order valence-electron chi connectivity index (χ3n) is 9.12. The molecule has 1 aromatic carbocycles. The molecule has 0 radical (unpaired) electrons. The predicted molar refractivity (Wildman–Crippen MR) is 149 cm³/mol. The molecule has 3 fully saturated rings. The van der Waals surface area contributed by atoms with Gasteiger partial charge in [0.05, 0.1) is 5.56 Å². The Bertz CT molecular complexity index is 1140. The maximum atomic E-state index is 13.7. The molecule has 3 aliphatic heterocycles. The molecule has 0 unspecified atom stereocenters. The van der Waals surface area contributed by atoms with Gasteiger partial charge in [-0.15, -0.1) is 0 Å². The standard InChI is InChI=1S/C28H37F9N4O2.CH2O2/c1-25(9-15-41(16-10-25)24(42)43-23(27(32,33)34)28(35,36)37)38(2)18-19-5-6-20(26(29,30)31)17-22(19)40-13-7-21(8-14-40)39-11-3-4-12-39;2-1-3/h5-6,17,21,23H,3-4,7-16,18H2,1-2H3;1H,(H,2,3). The summed E-state index contributed by atoms with van der Waals surface area (Å²) >= 11 is 0. The van der Waals surface area contributed by atoms with Crippen LogP contribution in [0.1, 0.15) is 56.6 Å². The van der Waals surface area contributed by atoms with E-state index < -0.39 is 41.8 Å². The highest BCUT2D eigenvalue weighted by atomic mass is 19.4. The number of carbonyl (C=O) groups is 2. The molecule has 17 heteroatoms. The Morgan fingerprint density at radius 2 is 1.50 bits per heavy atom. The van der Waals surface area contributed by atoms with Gasteiger partial charge in [0.2, 0.25) is 0 Å². The molecule has 1 N–H and O–H groups in total. The van der Waals surface area contributed by atoms with Gasteiger partial charge < -0.3 is 24.5 Å². The van der Waals surface area contributed by atoms with E-state index in [0.29, 0.717) is 30.4 Å². The molecule has 262 valence electrons. The summed E-state index contributed by atoms with van der Waals surface area (Å²) in [6.45, 7) is 4.87. The number of likely N-dealkylation sites (tertiary alicyclic amines) is 2. The van der Waals surface area contributed by atoms with Gasteiger partial charge in [-0.1, -0.05) is 6.07 Å². The Labute approximate surface area is 261 Å². The van der Waals surface area contributed by atoms with Crippen LogP contribution in [0, 0.1) is 0 Å². The fourth-order valence-corrected chi connectivity index (χ4v) is 6.24. The number of alkyl halides is 9. The lowest BCUT2D eigenvalue weighted by Crippen LogP contribution is -2.54. The predicted octanol–water partition coefficient (Wildman–Crippen LogP) is 6.39. The molecular formula is C29H39F9N4O4. The molecular weight excluding hydrogens is 639 g/mol. The lowest BCUT2D eigenvalue weighted by molar-refractivity contribution is -0.308. The lowest BCUT2D eigenvalue weighted by atomic mass is 9.87. The molecule has 3 heterocycles. The molecule has 3 aliphatic rings. The third-order valence-corrected chi connectivity index (χ3v) is 9.12. The van der Waals surface area contributed by atoms with E-state index in [0.717, 1.165) is 49.7 Å². The van der Waals surface area contributed by atoms with E-state index in [-0.39, 0.29) is 38.9 Å². The molecule has 0 atom stereocenters. The van der Waals surface area contributed by atoms with Crippen molar-refractivity contribution in [1.29, 1.82) is 0 Å². The first-order chi connectivity index (χ1) is 21.3. The highest BCUT2D eigenvalue weighted by molar-refractivity contribution is 5.68. The number of carbonyl (C=O) groups excluding carboxylic acids is 1. The van der Waals surface area contributed by atoms with Crippen molar-refractivity contribution < 1.29 is 58.9 Å². The minimum Gasteiger partial charge on any atom is -0.483 e. The van der Waals surface area contributed by atoms with E-state index in [2.05, 4.69) is 9.64 Å². The zero-order valence-corrected chi connectivity index (χ0v) is 25.5. The first kappa shape index (κ1) is 37.5. The second-order valence-electron chi connectivity index (χ2n) is 12.1. The van der Waals surface area contributed by atoms with Crippen molar-refractivity contribution in [1.82, 2.24) is 14.7 Å². The molecule has 1 aromatic rings. The minimum atomic E-state index is -5.80. The van der Waals surface area contributed by atoms with E-state index in [9.17, 15) is 44.3 Å². The Balaban J connectivity index is 0.00000185. The van der Waals surface area contributed by atoms with Gasteiger partial charge in [-0.05, 0) is 83.3 Å². The van der Waals surface area contributed by atoms with Gasteiger partial charge in [0.25, 0.3) is 12.6 Å². The normalized spacial score (nSPS) is 20.1. The summed E-state index contributed by atoms with van der Waals surface area (Å²) in [5, 5.41) is 6.89. The summed E-state index contributed by atoms with van der Waals surface area (Å²) in [6, 6.07) is 4.10. The molecule has 0 aromatic heterocycles. The van der Waals surface area contributed by atoms with Crippen LogP contribution in [0.2, 0.25) is 0 Å². The van der Waals surface area contributed by atoms with Crippen LogP contribution in [0.4, 0.5) is 50.0 Å². The van der Waals surface area contributed by atoms with Crippen LogP contribution in [0.5, 0.6) is 0 Å². The smallest absolute Gasteiger partial charge is 0.434 e. The SMILES string of the molecule is CN(Cc1ccc(C(F)(F)F)cc1N1CCC(N2CCCC2)CC1)C1(C)CCN(C(=O)OC(C(F)(F)F)C(F)(F)F)CC1.O=CO. The van der Waals surface area contributed by atoms with Gasteiger partial charge >= 0.3 is 24.6 Å². The molecule has 0 bridgehead atoms. The van der Waals surface area contributed by atoms with Crippen molar-refractivity contribution in [3.05, 3.63) is 29.3 Å². The first-order valence-electron chi connectivity index (χ1n) is 14.9. The number of halogens is 9. The Hall–Kier alpha value is -2.95. The molecule has 1 amide bonds. The van der Waals surface area contributed by atoms with Crippen LogP contribution in [-0.2, 0) is 22.3 Å². The van der Waals surface area contributed by atoms with Crippen LogP contribution >= 0.6 is 0 Å². The average Bonchev–Trinajstić information content (AvgIpc) is 3.50.